The molecule has 200 valence electrons. The molecular weight excluding hydrogens is 561 g/mol. The molecule has 0 saturated carbocycles. The molecule has 1 atom stereocenters. The first kappa shape index (κ1) is 26.7. The zero-order chi connectivity index (χ0) is 28.8. The molecule has 0 radical (unpaired) electrons. The number of Topliss-reactive ketones (excluding diaryl/α,β-unsaturated/α-hetero) is 1. The van der Waals surface area contributed by atoms with Gasteiger partial charge in [-0.25, -0.2) is 4.79 Å². The molecule has 3 amide bonds. The Morgan fingerprint density at radius 1 is 0.925 bits per heavy atom. The second kappa shape index (κ2) is 9.99. The molecule has 0 saturated heterocycles. The van der Waals surface area contributed by atoms with Gasteiger partial charge < -0.3 is 20.8 Å². The number of halogens is 2. The summed E-state index contributed by atoms with van der Waals surface area (Å²) in [5.41, 5.74) is -1.99. The van der Waals surface area contributed by atoms with Gasteiger partial charge >= 0.3 is 5.97 Å². The van der Waals surface area contributed by atoms with E-state index in [-0.39, 0.29) is 38.2 Å². The second-order valence-electron chi connectivity index (χ2n) is 8.77. The highest BCUT2D eigenvalue weighted by atomic mass is 35.5. The summed E-state index contributed by atoms with van der Waals surface area (Å²) in [7, 11) is 0. The number of aliphatic carboxylic acids is 1. The molecule has 4 N–H and O–H groups in total. The number of carboxylic acids is 1. The zero-order valence-electron chi connectivity index (χ0n) is 20.1. The Kier molecular flexibility index (Phi) is 6.66. The molecule has 5 rings (SSSR count). The summed E-state index contributed by atoms with van der Waals surface area (Å²) in [6, 6.07) is 16.0. The molecule has 0 aliphatic carbocycles. The Bertz CT molecular complexity index is 1720. The van der Waals surface area contributed by atoms with Gasteiger partial charge in [0.2, 0.25) is 5.91 Å². The maximum Gasteiger partial charge on any atom is 0.328 e. The molecular formula is C28H17Cl2N3O7. The fourth-order valence-electron chi connectivity index (χ4n) is 4.80. The van der Waals surface area contributed by atoms with Gasteiger partial charge in [0.15, 0.2) is 17.1 Å². The van der Waals surface area contributed by atoms with Crippen molar-refractivity contribution in [3.8, 4) is 0 Å². The van der Waals surface area contributed by atoms with Gasteiger partial charge in [-0.05, 0) is 42.5 Å². The molecule has 2 aliphatic rings. The lowest BCUT2D eigenvalue weighted by Gasteiger charge is -2.35. The Labute approximate surface area is 236 Å². The molecule has 0 fully saturated rings. The summed E-state index contributed by atoms with van der Waals surface area (Å²) in [4.78, 5) is 65.2. The van der Waals surface area contributed by atoms with E-state index in [0.717, 1.165) is 11.0 Å². The Morgan fingerprint density at radius 3 is 2.38 bits per heavy atom. The lowest BCUT2D eigenvalue weighted by Crippen LogP contribution is -2.52. The van der Waals surface area contributed by atoms with Gasteiger partial charge in [-0.3, -0.25) is 24.1 Å². The van der Waals surface area contributed by atoms with E-state index < -0.39 is 46.3 Å². The molecule has 40 heavy (non-hydrogen) atoms. The monoisotopic (exact) mass is 577 g/mol. The van der Waals surface area contributed by atoms with Gasteiger partial charge in [0.05, 0.1) is 5.57 Å². The predicted molar refractivity (Wildman–Crippen MR) is 147 cm³/mol. The van der Waals surface area contributed by atoms with Crippen molar-refractivity contribution in [3.63, 3.8) is 0 Å². The third-order valence-electron chi connectivity index (χ3n) is 6.35. The minimum absolute atomic E-state index is 0.0723. The van der Waals surface area contributed by atoms with Crippen LogP contribution in [0.2, 0.25) is 10.0 Å². The number of aliphatic hydroxyl groups excluding tert-OH is 1. The number of amides is 3. The van der Waals surface area contributed by atoms with Crippen molar-refractivity contribution in [2.75, 3.05) is 15.5 Å². The highest BCUT2D eigenvalue weighted by Crippen LogP contribution is 2.53. The summed E-state index contributed by atoms with van der Waals surface area (Å²) in [6.45, 7) is 0. The number of ketones is 1. The molecule has 0 aromatic heterocycles. The maximum absolute atomic E-state index is 14.0. The summed E-state index contributed by atoms with van der Waals surface area (Å²) < 4.78 is 0. The minimum atomic E-state index is -2.12. The van der Waals surface area contributed by atoms with Crippen LogP contribution >= 0.6 is 23.2 Å². The van der Waals surface area contributed by atoms with E-state index in [1.807, 2.05) is 0 Å². The fourth-order valence-corrected chi connectivity index (χ4v) is 5.16. The summed E-state index contributed by atoms with van der Waals surface area (Å²) in [6.07, 6.45) is 1.44. The van der Waals surface area contributed by atoms with Crippen LogP contribution in [-0.4, -0.2) is 39.7 Å². The number of carbonyl (C=O) groups excluding carboxylic acids is 4. The average molecular weight is 578 g/mol. The van der Waals surface area contributed by atoms with Crippen molar-refractivity contribution in [1.82, 2.24) is 0 Å². The van der Waals surface area contributed by atoms with Gasteiger partial charge in [-0.2, -0.15) is 0 Å². The topological polar surface area (TPSA) is 153 Å². The van der Waals surface area contributed by atoms with Crippen LogP contribution in [0.3, 0.4) is 0 Å². The maximum atomic E-state index is 14.0. The first-order valence-electron chi connectivity index (χ1n) is 11.6. The lowest BCUT2D eigenvalue weighted by molar-refractivity contribution is -0.131. The molecule has 1 spiro atoms. The van der Waals surface area contributed by atoms with Gasteiger partial charge in [0.1, 0.15) is 0 Å². The van der Waals surface area contributed by atoms with E-state index in [1.165, 1.54) is 54.6 Å². The van der Waals surface area contributed by atoms with Crippen molar-refractivity contribution in [2.45, 2.75) is 5.54 Å². The normalized spacial score (nSPS) is 17.9. The van der Waals surface area contributed by atoms with Crippen LogP contribution in [0.4, 0.5) is 17.1 Å². The van der Waals surface area contributed by atoms with E-state index in [0.29, 0.717) is 6.08 Å². The van der Waals surface area contributed by atoms with Crippen LogP contribution in [0, 0.1) is 0 Å². The SMILES string of the molecule is O=C(O)/C=C/C(=O)Nc1cccc(C(=O)C2=C(O)C(=O)N(c3cccc(Cl)c3)C23C(=O)Nc2cc(Cl)ccc23)c1. The largest absolute Gasteiger partial charge is 0.503 e. The summed E-state index contributed by atoms with van der Waals surface area (Å²) in [5.74, 6) is -5.69. The van der Waals surface area contributed by atoms with Crippen molar-refractivity contribution < 1.29 is 34.2 Å². The average Bonchev–Trinajstić information content (AvgIpc) is 3.31. The molecule has 10 nitrogen and oxygen atoms in total. The Morgan fingerprint density at radius 2 is 1.65 bits per heavy atom. The van der Waals surface area contributed by atoms with Crippen LogP contribution in [0.15, 0.2) is 90.2 Å². The Balaban J connectivity index is 1.66. The van der Waals surface area contributed by atoms with Crippen LogP contribution in [0.1, 0.15) is 15.9 Å². The number of hydrogen-bond donors (Lipinski definition) is 4. The number of anilines is 3. The first-order chi connectivity index (χ1) is 19.0. The summed E-state index contributed by atoms with van der Waals surface area (Å²) in [5, 5.41) is 25.5. The standard InChI is InChI=1S/C28H17Cl2N3O7/c29-15-4-2-6-18(12-15)33-26(39)25(38)23(28(33)19-8-7-16(30)13-20(19)32-27(28)40)24(37)14-3-1-5-17(11-14)31-21(34)9-10-22(35)36/h1-13,38H,(H,31,34)(H,32,40)(H,35,36)/b10-9+. The summed E-state index contributed by atoms with van der Waals surface area (Å²) >= 11 is 12.3. The van der Waals surface area contributed by atoms with Gasteiger partial charge in [0.25, 0.3) is 11.8 Å². The first-order valence-corrected chi connectivity index (χ1v) is 12.3. The molecule has 2 heterocycles. The molecule has 3 aromatic rings. The van der Waals surface area contributed by atoms with E-state index in [9.17, 15) is 29.1 Å². The number of carbonyl (C=O) groups is 5. The van der Waals surface area contributed by atoms with Crippen LogP contribution in [-0.2, 0) is 24.7 Å². The van der Waals surface area contributed by atoms with Crippen LogP contribution in [0.5, 0.6) is 0 Å². The number of rotatable bonds is 6. The number of nitrogens with one attached hydrogen (secondary N) is 2. The smallest absolute Gasteiger partial charge is 0.328 e. The zero-order valence-corrected chi connectivity index (χ0v) is 21.7. The number of fused-ring (bicyclic) bond motifs is 2. The van der Waals surface area contributed by atoms with E-state index in [4.69, 9.17) is 28.3 Å². The van der Waals surface area contributed by atoms with Crippen molar-refractivity contribution in [2.24, 2.45) is 0 Å². The number of hydrogen-bond acceptors (Lipinski definition) is 6. The number of aliphatic hydroxyl groups is 1. The third-order valence-corrected chi connectivity index (χ3v) is 6.82. The molecule has 2 aliphatic heterocycles. The molecule has 3 aromatic carbocycles. The van der Waals surface area contributed by atoms with Crippen molar-refractivity contribution >= 4 is 69.7 Å². The number of nitrogens with zero attached hydrogens (tertiary/aromatic N) is 1. The van der Waals surface area contributed by atoms with Crippen molar-refractivity contribution in [1.29, 1.82) is 0 Å². The van der Waals surface area contributed by atoms with Crippen LogP contribution in [0.25, 0.3) is 0 Å². The number of benzene rings is 3. The quantitative estimate of drug-likeness (QED) is 0.249. The fraction of sp³-hybridized carbons (Fsp3) is 0.0357. The molecule has 0 bridgehead atoms. The van der Waals surface area contributed by atoms with Gasteiger partial charge in [-0.15, -0.1) is 0 Å². The van der Waals surface area contributed by atoms with E-state index >= 15 is 0 Å². The highest BCUT2D eigenvalue weighted by molar-refractivity contribution is 6.34. The second-order valence-corrected chi connectivity index (χ2v) is 9.64. The molecule has 1 unspecified atom stereocenters. The predicted octanol–water partition coefficient (Wildman–Crippen LogP) is 4.46. The highest BCUT2D eigenvalue weighted by Gasteiger charge is 2.64. The van der Waals surface area contributed by atoms with Gasteiger partial charge in [-0.1, -0.05) is 47.5 Å². The van der Waals surface area contributed by atoms with Crippen LogP contribution < -0.4 is 15.5 Å². The minimum Gasteiger partial charge on any atom is -0.503 e. The lowest BCUT2D eigenvalue weighted by atomic mass is 9.80. The molecule has 12 heteroatoms. The number of carboxylic acid groups (broad SMARTS) is 1. The van der Waals surface area contributed by atoms with E-state index in [1.54, 1.807) is 12.1 Å². The Hall–Kier alpha value is -4.93. The third kappa shape index (κ3) is 4.29. The van der Waals surface area contributed by atoms with Gasteiger partial charge in [0, 0.05) is 50.4 Å². The van der Waals surface area contributed by atoms with Crippen molar-refractivity contribution in [3.05, 3.63) is 111 Å². The van der Waals surface area contributed by atoms with E-state index in [2.05, 4.69) is 10.6 Å².